The molecule has 1 aliphatic rings. The van der Waals surface area contributed by atoms with Gasteiger partial charge in [0.25, 0.3) is 0 Å². The van der Waals surface area contributed by atoms with Crippen LogP contribution in [0, 0.1) is 6.92 Å². The Morgan fingerprint density at radius 3 is 2.65 bits per heavy atom. The van der Waals surface area contributed by atoms with E-state index in [2.05, 4.69) is 9.98 Å². The number of hydrogen-bond acceptors (Lipinski definition) is 6. The Balaban J connectivity index is 2.71. The molecule has 0 aromatic heterocycles. The summed E-state index contributed by atoms with van der Waals surface area (Å²) < 4.78 is 24.7. The highest BCUT2D eigenvalue weighted by molar-refractivity contribution is 7.92. The number of carbonyl (C=O) groups is 1. The molecule has 1 aromatic rings. The first-order valence-corrected chi connectivity index (χ1v) is 7.73. The summed E-state index contributed by atoms with van der Waals surface area (Å²) in [4.78, 5) is 18.9. The number of nitrogens with one attached hydrogen (secondary N) is 1. The maximum absolute atomic E-state index is 12.3. The van der Waals surface area contributed by atoms with Crippen molar-refractivity contribution in [3.63, 3.8) is 0 Å². The summed E-state index contributed by atoms with van der Waals surface area (Å²) in [5.41, 5.74) is 0.722. The van der Waals surface area contributed by atoms with Crippen LogP contribution in [0.1, 0.15) is 18.9 Å². The molecule has 2 rings (SSSR count). The van der Waals surface area contributed by atoms with Gasteiger partial charge in [-0.1, -0.05) is 19.1 Å². The molecule has 0 spiro atoms. The molecule has 0 saturated carbocycles. The van der Waals surface area contributed by atoms with Crippen LogP contribution >= 0.6 is 0 Å². The standard InChI is InChI=1S/C12H15N3O4S/c1-3-7-20(18,19)12(15-11(16)17)13-9-6-4-5-8(2)10(9)14-12/h4-6,15H,3,7H2,1-2H3,(H,16,17)/p-1. The summed E-state index contributed by atoms with van der Waals surface area (Å²) in [6.07, 6.45) is -1.40. The van der Waals surface area contributed by atoms with Gasteiger partial charge in [-0.05, 0) is 25.0 Å². The Hall–Kier alpha value is -1.96. The van der Waals surface area contributed by atoms with E-state index in [9.17, 15) is 18.3 Å². The van der Waals surface area contributed by atoms with E-state index in [1.807, 2.05) is 5.32 Å². The molecule has 8 heteroatoms. The van der Waals surface area contributed by atoms with Crippen LogP contribution in [-0.2, 0) is 9.84 Å². The second-order valence-electron chi connectivity index (χ2n) is 4.51. The third kappa shape index (κ3) is 2.26. The van der Waals surface area contributed by atoms with Crippen LogP contribution in [0.15, 0.2) is 28.2 Å². The normalized spacial score (nSPS) is 20.7. The van der Waals surface area contributed by atoms with Crippen molar-refractivity contribution < 1.29 is 18.3 Å². The highest BCUT2D eigenvalue weighted by Gasteiger charge is 2.45. The van der Waals surface area contributed by atoms with E-state index in [1.165, 1.54) is 0 Å². The van der Waals surface area contributed by atoms with Gasteiger partial charge in [-0.25, -0.2) is 18.4 Å². The number of sulfone groups is 1. The van der Waals surface area contributed by atoms with Crippen molar-refractivity contribution in [1.29, 1.82) is 0 Å². The summed E-state index contributed by atoms with van der Waals surface area (Å²) in [6, 6.07) is 5.04. The minimum atomic E-state index is -3.92. The van der Waals surface area contributed by atoms with E-state index in [4.69, 9.17) is 0 Å². The van der Waals surface area contributed by atoms with Gasteiger partial charge in [0.1, 0.15) is 6.09 Å². The van der Waals surface area contributed by atoms with E-state index in [1.54, 1.807) is 32.0 Å². The van der Waals surface area contributed by atoms with E-state index in [-0.39, 0.29) is 5.75 Å². The molecule has 20 heavy (non-hydrogen) atoms. The van der Waals surface area contributed by atoms with E-state index in [0.29, 0.717) is 17.1 Å². The smallest absolute Gasteiger partial charge is 0.333 e. The quantitative estimate of drug-likeness (QED) is 0.737. The lowest BCUT2D eigenvalue weighted by Crippen LogP contribution is -2.56. The van der Waals surface area contributed by atoms with Gasteiger partial charge in [0, 0.05) is 0 Å². The SMILES string of the molecule is CCCS(=O)(=O)C1(NC(=O)[O-])N=c2cccc(C)c2=N1. The van der Waals surface area contributed by atoms with E-state index < -0.39 is 21.0 Å². The zero-order valence-corrected chi connectivity index (χ0v) is 11.9. The molecule has 7 nitrogen and oxygen atoms in total. The molecule has 0 bridgehead atoms. The fourth-order valence-corrected chi connectivity index (χ4v) is 3.56. The molecule has 0 aliphatic carbocycles. The second-order valence-corrected chi connectivity index (χ2v) is 6.71. The number of amides is 1. The van der Waals surface area contributed by atoms with Crippen LogP contribution in [0.3, 0.4) is 0 Å². The van der Waals surface area contributed by atoms with Gasteiger partial charge >= 0.3 is 5.12 Å². The van der Waals surface area contributed by atoms with Crippen LogP contribution in [0.25, 0.3) is 0 Å². The summed E-state index contributed by atoms with van der Waals surface area (Å²) in [5, 5.41) is 11.2. The van der Waals surface area contributed by atoms with Gasteiger partial charge in [0.05, 0.1) is 16.5 Å². The number of hydrogen-bond donors (Lipinski definition) is 1. The predicted molar refractivity (Wildman–Crippen MR) is 68.8 cm³/mol. The molecule has 108 valence electrons. The number of fused-ring (bicyclic) bond motifs is 1. The number of nitrogens with zero attached hydrogens (tertiary/aromatic N) is 2. The third-order valence-corrected chi connectivity index (χ3v) is 5.02. The summed E-state index contributed by atoms with van der Waals surface area (Å²) >= 11 is 0. The first kappa shape index (κ1) is 14.4. The van der Waals surface area contributed by atoms with Crippen LogP contribution in [0.5, 0.6) is 0 Å². The highest BCUT2D eigenvalue weighted by Crippen LogP contribution is 2.20. The average molecular weight is 296 g/mol. The first-order chi connectivity index (χ1) is 9.31. The molecule has 0 saturated heterocycles. The van der Waals surface area contributed by atoms with Gasteiger partial charge in [-0.3, -0.25) is 0 Å². The van der Waals surface area contributed by atoms with Crippen LogP contribution in [0.4, 0.5) is 4.79 Å². The van der Waals surface area contributed by atoms with Crippen LogP contribution in [0.2, 0.25) is 0 Å². The number of aryl methyl sites for hydroxylation is 1. The maximum atomic E-state index is 12.3. The van der Waals surface area contributed by atoms with E-state index >= 15 is 0 Å². The summed E-state index contributed by atoms with van der Waals surface area (Å²) in [5.74, 6) is -0.229. The van der Waals surface area contributed by atoms with Gasteiger partial charge in [-0.2, -0.15) is 0 Å². The average Bonchev–Trinajstić information content (AvgIpc) is 2.69. The Morgan fingerprint density at radius 2 is 2.10 bits per heavy atom. The summed E-state index contributed by atoms with van der Waals surface area (Å²) in [7, 11) is -3.92. The van der Waals surface area contributed by atoms with Crippen molar-refractivity contribution in [2.24, 2.45) is 9.98 Å². The molecule has 1 atom stereocenters. The number of carbonyl (C=O) groups excluding carboxylic acids is 1. The Kier molecular flexibility index (Phi) is 3.51. The van der Waals surface area contributed by atoms with E-state index in [0.717, 1.165) is 5.56 Å². The zero-order chi connectivity index (χ0) is 15.0. The fraction of sp³-hybridized carbons (Fsp3) is 0.417. The zero-order valence-electron chi connectivity index (χ0n) is 11.1. The van der Waals surface area contributed by atoms with Gasteiger partial charge in [0.2, 0.25) is 9.84 Å². The van der Waals surface area contributed by atoms with Crippen molar-refractivity contribution in [2.45, 2.75) is 25.4 Å². The Morgan fingerprint density at radius 1 is 1.40 bits per heavy atom. The second kappa shape index (κ2) is 4.86. The first-order valence-electron chi connectivity index (χ1n) is 6.08. The largest absolute Gasteiger partial charge is 0.530 e. The Labute approximate surface area is 116 Å². The predicted octanol–water partition coefficient (Wildman–Crippen LogP) is -1.38. The van der Waals surface area contributed by atoms with Crippen molar-refractivity contribution in [3.05, 3.63) is 34.5 Å². The summed E-state index contributed by atoms with van der Waals surface area (Å²) in [6.45, 7) is 3.43. The van der Waals surface area contributed by atoms with Crippen molar-refractivity contribution in [1.82, 2.24) is 5.32 Å². The molecule has 1 heterocycles. The van der Waals surface area contributed by atoms with Crippen molar-refractivity contribution in [3.8, 4) is 0 Å². The van der Waals surface area contributed by atoms with Crippen molar-refractivity contribution >= 4 is 15.9 Å². The monoisotopic (exact) mass is 296 g/mol. The number of para-hydroxylation sites is 1. The molecule has 1 aliphatic heterocycles. The lowest BCUT2D eigenvalue weighted by atomic mass is 10.2. The van der Waals surface area contributed by atoms with Gasteiger partial charge in [0.15, 0.2) is 0 Å². The minimum absolute atomic E-state index is 0.229. The van der Waals surface area contributed by atoms with Crippen LogP contribution in [-0.4, -0.2) is 25.4 Å². The minimum Gasteiger partial charge on any atom is -0.530 e. The topological polar surface area (TPSA) is 111 Å². The van der Waals surface area contributed by atoms with Crippen LogP contribution < -0.4 is 21.1 Å². The van der Waals surface area contributed by atoms with Gasteiger partial charge < -0.3 is 15.2 Å². The number of benzene rings is 1. The lowest BCUT2D eigenvalue weighted by molar-refractivity contribution is -0.252. The molecule has 0 fully saturated rings. The molecule has 1 amide bonds. The number of carboxylic acid groups (broad SMARTS) is 1. The molecular formula is C12H14N3O4S-. The highest BCUT2D eigenvalue weighted by atomic mass is 32.2. The van der Waals surface area contributed by atoms with Gasteiger partial charge in [-0.15, -0.1) is 0 Å². The van der Waals surface area contributed by atoms with Crippen molar-refractivity contribution in [2.75, 3.05) is 5.75 Å². The maximum Gasteiger partial charge on any atom is 0.333 e. The Bertz CT molecular complexity index is 772. The molecule has 1 unspecified atom stereocenters. The number of rotatable bonds is 4. The lowest BCUT2D eigenvalue weighted by Gasteiger charge is -2.25. The molecule has 1 N–H and O–H groups in total. The molecule has 0 radical (unpaired) electrons. The molecule has 1 aromatic carbocycles. The molecular weight excluding hydrogens is 282 g/mol. The third-order valence-electron chi connectivity index (χ3n) is 2.92. The fourth-order valence-electron chi connectivity index (χ4n) is 2.04.